The van der Waals surface area contributed by atoms with E-state index in [1.807, 2.05) is 11.8 Å². The van der Waals surface area contributed by atoms with Crippen molar-refractivity contribution in [2.75, 3.05) is 13.2 Å². The SMILES string of the molecule is CCOC1CC(N)(C(=O)N2CCc3sccc3C2)C1(C)C. The van der Waals surface area contributed by atoms with Gasteiger partial charge in [-0.1, -0.05) is 13.8 Å². The standard InChI is InChI=1S/C16H24N2O2S/c1-4-20-13-9-16(17,15(13,2)3)14(19)18-7-5-12-11(10-18)6-8-21-12/h6,8,13H,4-5,7,9-10,17H2,1-3H3. The van der Waals surface area contributed by atoms with Crippen molar-refractivity contribution in [1.82, 2.24) is 4.90 Å². The van der Waals surface area contributed by atoms with Crippen molar-refractivity contribution in [3.8, 4) is 0 Å². The molecule has 1 aromatic rings. The van der Waals surface area contributed by atoms with Gasteiger partial charge in [-0.25, -0.2) is 0 Å². The zero-order chi connectivity index (χ0) is 15.3. The summed E-state index contributed by atoms with van der Waals surface area (Å²) in [5.74, 6) is 0.0836. The van der Waals surface area contributed by atoms with Crippen LogP contribution < -0.4 is 5.73 Å². The molecule has 21 heavy (non-hydrogen) atoms. The molecule has 1 saturated carbocycles. The molecule has 0 spiro atoms. The van der Waals surface area contributed by atoms with E-state index >= 15 is 0 Å². The van der Waals surface area contributed by atoms with E-state index in [2.05, 4.69) is 25.3 Å². The van der Waals surface area contributed by atoms with Gasteiger partial charge in [-0.15, -0.1) is 11.3 Å². The molecule has 2 unspecified atom stereocenters. The smallest absolute Gasteiger partial charge is 0.243 e. The number of nitrogens with zero attached hydrogens (tertiary/aromatic N) is 1. The summed E-state index contributed by atoms with van der Waals surface area (Å²) in [5.41, 5.74) is 6.68. The molecule has 3 rings (SSSR count). The summed E-state index contributed by atoms with van der Waals surface area (Å²) in [4.78, 5) is 16.3. The third-order valence-electron chi connectivity index (χ3n) is 5.31. The number of hydrogen-bond acceptors (Lipinski definition) is 4. The fourth-order valence-electron chi connectivity index (χ4n) is 3.50. The van der Waals surface area contributed by atoms with E-state index in [-0.39, 0.29) is 17.4 Å². The molecule has 2 aliphatic rings. The second kappa shape index (κ2) is 5.07. The van der Waals surface area contributed by atoms with Crippen LogP contribution in [0.25, 0.3) is 0 Å². The van der Waals surface area contributed by atoms with Crippen molar-refractivity contribution >= 4 is 17.2 Å². The van der Waals surface area contributed by atoms with Crippen molar-refractivity contribution in [3.63, 3.8) is 0 Å². The Morgan fingerprint density at radius 2 is 2.33 bits per heavy atom. The first-order chi connectivity index (χ1) is 9.90. The van der Waals surface area contributed by atoms with Crippen LogP contribution >= 0.6 is 11.3 Å². The number of thiophene rings is 1. The molecule has 5 heteroatoms. The lowest BCUT2D eigenvalue weighted by atomic mass is 9.54. The van der Waals surface area contributed by atoms with Gasteiger partial charge in [0.1, 0.15) is 5.54 Å². The van der Waals surface area contributed by atoms with Crippen LogP contribution in [-0.4, -0.2) is 35.6 Å². The maximum absolute atomic E-state index is 12.9. The van der Waals surface area contributed by atoms with E-state index in [4.69, 9.17) is 10.5 Å². The van der Waals surface area contributed by atoms with Crippen LogP contribution in [0.1, 0.15) is 37.6 Å². The average Bonchev–Trinajstić information content (AvgIpc) is 2.93. The maximum atomic E-state index is 12.9. The molecule has 2 atom stereocenters. The molecule has 0 saturated heterocycles. The number of carbonyl (C=O) groups excluding carboxylic acids is 1. The summed E-state index contributed by atoms with van der Waals surface area (Å²) in [6, 6.07) is 2.12. The average molecular weight is 308 g/mol. The summed E-state index contributed by atoms with van der Waals surface area (Å²) in [5, 5.41) is 2.11. The lowest BCUT2D eigenvalue weighted by Gasteiger charge is -2.58. The lowest BCUT2D eigenvalue weighted by Crippen LogP contribution is -2.76. The van der Waals surface area contributed by atoms with Crippen LogP contribution in [0, 0.1) is 5.41 Å². The number of amides is 1. The predicted octanol–water partition coefficient (Wildman–Crippen LogP) is 2.17. The molecule has 4 nitrogen and oxygen atoms in total. The molecular formula is C16H24N2O2S. The van der Waals surface area contributed by atoms with Crippen LogP contribution in [0.15, 0.2) is 11.4 Å². The zero-order valence-corrected chi connectivity index (χ0v) is 13.8. The summed E-state index contributed by atoms with van der Waals surface area (Å²) in [6.07, 6.45) is 1.65. The molecule has 1 fully saturated rings. The second-order valence-corrected chi connectivity index (χ2v) is 7.69. The normalized spacial score (nSPS) is 30.7. The molecule has 116 valence electrons. The number of hydrogen-bond donors (Lipinski definition) is 1. The largest absolute Gasteiger partial charge is 0.378 e. The molecule has 2 heterocycles. The van der Waals surface area contributed by atoms with E-state index in [1.54, 1.807) is 11.3 Å². The topological polar surface area (TPSA) is 55.6 Å². The minimum absolute atomic E-state index is 0.0814. The van der Waals surface area contributed by atoms with Crippen LogP contribution in [0.4, 0.5) is 0 Å². The predicted molar refractivity (Wildman–Crippen MR) is 84.2 cm³/mol. The van der Waals surface area contributed by atoms with Gasteiger partial charge in [0.25, 0.3) is 0 Å². The molecule has 1 aromatic heterocycles. The number of rotatable bonds is 3. The van der Waals surface area contributed by atoms with Crippen LogP contribution in [0.3, 0.4) is 0 Å². The number of nitrogens with two attached hydrogens (primary N) is 1. The van der Waals surface area contributed by atoms with Gasteiger partial charge in [-0.3, -0.25) is 4.79 Å². The molecule has 1 aliphatic heterocycles. The van der Waals surface area contributed by atoms with Crippen molar-refractivity contribution in [2.45, 2.75) is 51.8 Å². The van der Waals surface area contributed by atoms with Gasteiger partial charge in [0.2, 0.25) is 5.91 Å². The molecular weight excluding hydrogens is 284 g/mol. The fourth-order valence-corrected chi connectivity index (χ4v) is 4.39. The van der Waals surface area contributed by atoms with E-state index in [1.165, 1.54) is 10.4 Å². The van der Waals surface area contributed by atoms with Gasteiger partial charge in [0, 0.05) is 36.4 Å². The second-order valence-electron chi connectivity index (χ2n) is 6.69. The Labute approximate surface area is 130 Å². The molecule has 2 N–H and O–H groups in total. The van der Waals surface area contributed by atoms with Crippen molar-refractivity contribution < 1.29 is 9.53 Å². The molecule has 0 radical (unpaired) electrons. The Balaban J connectivity index is 1.75. The minimum atomic E-state index is -0.791. The Kier molecular flexibility index (Phi) is 3.62. The van der Waals surface area contributed by atoms with Gasteiger partial charge in [-0.05, 0) is 30.4 Å². The highest BCUT2D eigenvalue weighted by atomic mass is 32.1. The highest BCUT2D eigenvalue weighted by molar-refractivity contribution is 7.10. The number of fused-ring (bicyclic) bond motifs is 1. The van der Waals surface area contributed by atoms with Crippen molar-refractivity contribution in [1.29, 1.82) is 0 Å². The molecule has 0 aromatic carbocycles. The fraction of sp³-hybridized carbons (Fsp3) is 0.688. The minimum Gasteiger partial charge on any atom is -0.378 e. The van der Waals surface area contributed by atoms with E-state index in [0.717, 1.165) is 13.0 Å². The summed E-state index contributed by atoms with van der Waals surface area (Å²) in [6.45, 7) is 8.23. The van der Waals surface area contributed by atoms with E-state index < -0.39 is 5.54 Å². The Hall–Kier alpha value is -0.910. The molecule has 1 aliphatic carbocycles. The van der Waals surface area contributed by atoms with Crippen molar-refractivity contribution in [2.24, 2.45) is 11.1 Å². The van der Waals surface area contributed by atoms with Gasteiger partial charge < -0.3 is 15.4 Å². The summed E-state index contributed by atoms with van der Waals surface area (Å²) >= 11 is 1.78. The highest BCUT2D eigenvalue weighted by Crippen LogP contribution is 2.50. The van der Waals surface area contributed by atoms with E-state index in [9.17, 15) is 4.79 Å². The zero-order valence-electron chi connectivity index (χ0n) is 13.0. The summed E-state index contributed by atoms with van der Waals surface area (Å²) in [7, 11) is 0. The number of carbonyl (C=O) groups is 1. The first-order valence-corrected chi connectivity index (χ1v) is 8.53. The Morgan fingerprint density at radius 1 is 1.57 bits per heavy atom. The van der Waals surface area contributed by atoms with E-state index in [0.29, 0.717) is 19.6 Å². The molecule has 1 amide bonds. The Bertz CT molecular complexity index is 554. The first kappa shape index (κ1) is 15.0. The number of ether oxygens (including phenoxy) is 1. The maximum Gasteiger partial charge on any atom is 0.243 e. The van der Waals surface area contributed by atoms with Crippen LogP contribution in [-0.2, 0) is 22.5 Å². The summed E-state index contributed by atoms with van der Waals surface area (Å²) < 4.78 is 5.72. The van der Waals surface area contributed by atoms with Crippen molar-refractivity contribution in [3.05, 3.63) is 21.9 Å². The van der Waals surface area contributed by atoms with Crippen LogP contribution in [0.5, 0.6) is 0 Å². The highest BCUT2D eigenvalue weighted by Gasteiger charge is 2.63. The lowest BCUT2D eigenvalue weighted by molar-refractivity contribution is -0.180. The third kappa shape index (κ3) is 2.14. The third-order valence-corrected chi connectivity index (χ3v) is 6.33. The quantitative estimate of drug-likeness (QED) is 0.931. The van der Waals surface area contributed by atoms with Gasteiger partial charge >= 0.3 is 0 Å². The monoisotopic (exact) mass is 308 g/mol. The van der Waals surface area contributed by atoms with Gasteiger partial charge in [-0.2, -0.15) is 0 Å². The van der Waals surface area contributed by atoms with Gasteiger partial charge in [0.15, 0.2) is 0 Å². The van der Waals surface area contributed by atoms with Crippen LogP contribution in [0.2, 0.25) is 0 Å². The Morgan fingerprint density at radius 3 is 3.00 bits per heavy atom. The molecule has 0 bridgehead atoms. The first-order valence-electron chi connectivity index (χ1n) is 7.65. The van der Waals surface area contributed by atoms with Gasteiger partial charge in [0.05, 0.1) is 6.10 Å².